The molecule has 5 fully saturated rings. The molecule has 10 heteroatoms. The van der Waals surface area contributed by atoms with Crippen molar-refractivity contribution in [2.45, 2.75) is 221 Å². The Kier molecular flexibility index (Phi) is 12.7. The molecule has 1 aliphatic heterocycles. The number of carbonyl (C=O) groups is 5. The first-order valence-electron chi connectivity index (χ1n) is 22.1. The first kappa shape index (κ1) is 44.6. The van der Waals surface area contributed by atoms with Crippen molar-refractivity contribution >= 4 is 29.7 Å². The molecule has 1 saturated heterocycles. The maximum atomic E-state index is 13.5. The van der Waals surface area contributed by atoms with E-state index in [1.54, 1.807) is 13.8 Å². The molecule has 10 nitrogen and oxygen atoms in total. The summed E-state index contributed by atoms with van der Waals surface area (Å²) in [7, 11) is 0. The summed E-state index contributed by atoms with van der Waals surface area (Å²) in [4.78, 5) is 66.4. The number of carbonyl (C=O) groups excluding carboxylic acids is 5. The quantitative estimate of drug-likeness (QED) is 0.0797. The van der Waals surface area contributed by atoms with E-state index in [-0.39, 0.29) is 65.3 Å². The largest absolute Gasteiger partial charge is 0.462 e. The summed E-state index contributed by atoms with van der Waals surface area (Å²) in [5.41, 5.74) is -3.64. The number of rotatable bonds is 17. The minimum atomic E-state index is -1.29. The van der Waals surface area contributed by atoms with Gasteiger partial charge < -0.3 is 23.7 Å². The van der Waals surface area contributed by atoms with Crippen LogP contribution in [0.1, 0.15) is 186 Å². The third-order valence-corrected chi connectivity index (χ3v) is 16.1. The molecule has 318 valence electrons. The summed E-state index contributed by atoms with van der Waals surface area (Å²) in [5.74, 6) is -1.02. The van der Waals surface area contributed by atoms with Crippen LogP contribution in [0.25, 0.3) is 0 Å². The predicted molar refractivity (Wildman–Crippen MR) is 212 cm³/mol. The van der Waals surface area contributed by atoms with Gasteiger partial charge in [0.2, 0.25) is 0 Å². The highest BCUT2D eigenvalue weighted by Gasteiger charge is 2.89. The Balaban J connectivity index is 1.54. The standard InChI is InChI=1S/C46H74O10/c1-13-17-34(48)52-30(39(54-36(50)19-15-3)41(8,9)55-37(51)20-16-4)27-29(5)45-26-25-44(12)43(11)24-21-32-40(6,7)33(47)22-23-42(32,10)38(43)31(28-46(44,45)56-45)53-35(49)18-14-2/h29-32,38-39H,13-28H2,1-12H3/t29-,30+,31+,32+,38+,39-,42+,43+,44-,45-,46-/m1/s1. The molecule has 1 spiro atoms. The maximum Gasteiger partial charge on any atom is 0.306 e. The molecule has 5 aliphatic rings. The Labute approximate surface area is 337 Å². The zero-order valence-corrected chi connectivity index (χ0v) is 36.9. The molecule has 0 aromatic carbocycles. The summed E-state index contributed by atoms with van der Waals surface area (Å²) in [5, 5.41) is 0. The van der Waals surface area contributed by atoms with Crippen molar-refractivity contribution in [2.75, 3.05) is 0 Å². The summed E-state index contributed by atoms with van der Waals surface area (Å²) in [6.07, 6.45) is 6.84. The lowest BCUT2D eigenvalue weighted by Crippen LogP contribution is -2.69. The molecule has 0 N–H and O–H groups in total. The Hall–Kier alpha value is -2.49. The van der Waals surface area contributed by atoms with Gasteiger partial charge in [-0.25, -0.2) is 0 Å². The van der Waals surface area contributed by atoms with E-state index >= 15 is 0 Å². The molecule has 1 heterocycles. The van der Waals surface area contributed by atoms with Crippen LogP contribution in [-0.2, 0) is 47.7 Å². The number of hydrogen-bond donors (Lipinski definition) is 0. The van der Waals surface area contributed by atoms with Gasteiger partial charge in [0.15, 0.2) is 6.10 Å². The molecule has 0 bridgehead atoms. The Bertz CT molecular complexity index is 1520. The van der Waals surface area contributed by atoms with Crippen LogP contribution in [0.3, 0.4) is 0 Å². The van der Waals surface area contributed by atoms with Crippen LogP contribution in [0.2, 0.25) is 0 Å². The van der Waals surface area contributed by atoms with Crippen molar-refractivity contribution in [3.05, 3.63) is 0 Å². The zero-order valence-electron chi connectivity index (χ0n) is 36.9. The van der Waals surface area contributed by atoms with E-state index in [4.69, 9.17) is 23.7 Å². The van der Waals surface area contributed by atoms with Gasteiger partial charge in [-0.3, -0.25) is 24.0 Å². The van der Waals surface area contributed by atoms with Gasteiger partial charge in [-0.2, -0.15) is 0 Å². The van der Waals surface area contributed by atoms with Gasteiger partial charge in [-0.15, -0.1) is 0 Å². The third kappa shape index (κ3) is 7.16. The van der Waals surface area contributed by atoms with Crippen LogP contribution in [0.15, 0.2) is 0 Å². The van der Waals surface area contributed by atoms with E-state index in [1.165, 1.54) is 0 Å². The lowest BCUT2D eigenvalue weighted by Gasteiger charge is -2.69. The molecule has 0 unspecified atom stereocenters. The monoisotopic (exact) mass is 787 g/mol. The van der Waals surface area contributed by atoms with Gasteiger partial charge in [0.1, 0.15) is 34.8 Å². The number of ketones is 1. The van der Waals surface area contributed by atoms with Crippen molar-refractivity contribution in [3.8, 4) is 0 Å². The van der Waals surface area contributed by atoms with Crippen molar-refractivity contribution in [2.24, 2.45) is 39.4 Å². The van der Waals surface area contributed by atoms with Gasteiger partial charge in [-0.1, -0.05) is 69.2 Å². The second-order valence-corrected chi connectivity index (χ2v) is 20.2. The van der Waals surface area contributed by atoms with Gasteiger partial charge in [0.05, 0.1) is 0 Å². The highest BCUT2D eigenvalue weighted by atomic mass is 16.6. The first-order valence-corrected chi connectivity index (χ1v) is 22.1. The highest BCUT2D eigenvalue weighted by molar-refractivity contribution is 5.85. The minimum absolute atomic E-state index is 0.0524. The maximum absolute atomic E-state index is 13.5. The SMILES string of the molecule is CCCC(=O)O[C@@H](C[C@@H](C)[C@]12CC[C@@]3(C)[C@@]1(C[C@H](OC(=O)CCC)[C@H]1[C@@]4(C)CCC(=O)C(C)(C)[C@@H]4CC[C@@]13C)O2)[C@@H](OC(=O)CCC)C(C)(C)OC(=O)CCC. The molecule has 4 saturated carbocycles. The molecule has 11 atom stereocenters. The fourth-order valence-corrected chi connectivity index (χ4v) is 13.3. The van der Waals surface area contributed by atoms with E-state index in [1.807, 2.05) is 27.7 Å². The number of hydrogen-bond acceptors (Lipinski definition) is 10. The summed E-state index contributed by atoms with van der Waals surface area (Å²) >= 11 is 0. The van der Waals surface area contributed by atoms with Gasteiger partial charge in [0.25, 0.3) is 0 Å². The number of ether oxygens (including phenoxy) is 5. The average molecular weight is 787 g/mol. The van der Waals surface area contributed by atoms with Crippen LogP contribution in [-0.4, -0.2) is 64.8 Å². The summed E-state index contributed by atoms with van der Waals surface area (Å²) < 4.78 is 32.3. The van der Waals surface area contributed by atoms with Gasteiger partial charge >= 0.3 is 23.9 Å². The molecular weight excluding hydrogens is 712 g/mol. The van der Waals surface area contributed by atoms with Crippen LogP contribution in [0.4, 0.5) is 0 Å². The molecule has 0 aromatic heterocycles. The molecular formula is C46H74O10. The van der Waals surface area contributed by atoms with E-state index < -0.39 is 52.3 Å². The molecule has 5 rings (SSSR count). The lowest BCUT2D eigenvalue weighted by molar-refractivity contribution is -0.248. The van der Waals surface area contributed by atoms with Crippen molar-refractivity contribution in [1.29, 1.82) is 0 Å². The minimum Gasteiger partial charge on any atom is -0.462 e. The van der Waals surface area contributed by atoms with Crippen molar-refractivity contribution < 1.29 is 47.7 Å². The highest BCUT2D eigenvalue weighted by Crippen LogP contribution is 2.84. The smallest absolute Gasteiger partial charge is 0.306 e. The Morgan fingerprint density at radius 3 is 1.96 bits per heavy atom. The lowest BCUT2D eigenvalue weighted by atomic mass is 9.34. The number of epoxide rings is 1. The number of Topliss-reactive ketones (excluding diaryl/α,β-unsaturated/α-hetero) is 1. The van der Waals surface area contributed by atoms with Crippen molar-refractivity contribution in [3.63, 3.8) is 0 Å². The third-order valence-electron chi connectivity index (χ3n) is 16.1. The van der Waals surface area contributed by atoms with Crippen LogP contribution >= 0.6 is 0 Å². The fourth-order valence-electron chi connectivity index (χ4n) is 13.3. The average Bonchev–Trinajstić information content (AvgIpc) is 3.68. The number of fused-ring (bicyclic) bond motifs is 4. The van der Waals surface area contributed by atoms with Crippen molar-refractivity contribution in [1.82, 2.24) is 0 Å². The topological polar surface area (TPSA) is 135 Å². The van der Waals surface area contributed by atoms with Gasteiger partial charge in [-0.05, 0) is 101 Å². The Morgan fingerprint density at radius 1 is 0.786 bits per heavy atom. The Morgan fingerprint density at radius 2 is 1.36 bits per heavy atom. The second-order valence-electron chi connectivity index (χ2n) is 20.2. The normalized spacial score (nSPS) is 37.1. The van der Waals surface area contributed by atoms with E-state index in [9.17, 15) is 24.0 Å². The molecule has 0 radical (unpaired) electrons. The molecule has 0 amide bonds. The van der Waals surface area contributed by atoms with Gasteiger partial charge in [0, 0.05) is 55.3 Å². The van der Waals surface area contributed by atoms with Crippen LogP contribution < -0.4 is 0 Å². The predicted octanol–water partition coefficient (Wildman–Crippen LogP) is 9.41. The van der Waals surface area contributed by atoms with E-state index in [2.05, 4.69) is 41.5 Å². The van der Waals surface area contributed by atoms with E-state index in [0.29, 0.717) is 57.1 Å². The zero-order chi connectivity index (χ0) is 41.7. The molecule has 4 aliphatic carbocycles. The molecule has 56 heavy (non-hydrogen) atoms. The second kappa shape index (κ2) is 15.9. The van der Waals surface area contributed by atoms with Crippen LogP contribution in [0.5, 0.6) is 0 Å². The summed E-state index contributed by atoms with van der Waals surface area (Å²) in [6.45, 7) is 24.7. The number of esters is 4. The first-order chi connectivity index (χ1) is 26.1. The molecule has 0 aromatic rings. The van der Waals surface area contributed by atoms with Crippen LogP contribution in [0, 0.1) is 39.4 Å². The summed E-state index contributed by atoms with van der Waals surface area (Å²) in [6, 6.07) is 0. The fraction of sp³-hybridized carbons (Fsp3) is 0.891. The van der Waals surface area contributed by atoms with E-state index in [0.717, 1.165) is 32.1 Å².